The molecule has 33 heavy (non-hydrogen) atoms. The van der Waals surface area contributed by atoms with Crippen LogP contribution in [0.5, 0.6) is 0 Å². The average molecular weight is 451 g/mol. The molecule has 0 amide bonds. The number of nitriles is 1. The maximum atomic E-state index is 8.93. The lowest BCUT2D eigenvalue weighted by Crippen LogP contribution is -2.31. The Bertz CT molecular complexity index is 1200. The Morgan fingerprint density at radius 2 is 1.36 bits per heavy atom. The highest BCUT2D eigenvalue weighted by Crippen LogP contribution is 2.38. The summed E-state index contributed by atoms with van der Waals surface area (Å²) in [6, 6.07) is 27.5. The van der Waals surface area contributed by atoms with Gasteiger partial charge in [0, 0.05) is 19.6 Å². The van der Waals surface area contributed by atoms with E-state index >= 15 is 0 Å². The van der Waals surface area contributed by atoms with Crippen molar-refractivity contribution in [1.29, 1.82) is 5.26 Å². The van der Waals surface area contributed by atoms with Gasteiger partial charge in [0.25, 0.3) is 0 Å². The van der Waals surface area contributed by atoms with Crippen LogP contribution in [0.25, 0.3) is 23.8 Å². The van der Waals surface area contributed by atoms with Gasteiger partial charge in [-0.15, -0.1) is 12.4 Å². The zero-order valence-electron chi connectivity index (χ0n) is 18.6. The van der Waals surface area contributed by atoms with Crippen LogP contribution in [0.2, 0.25) is 0 Å². The highest BCUT2D eigenvalue weighted by molar-refractivity contribution is 5.94. The fraction of sp³-hybridized carbons (Fsp3) is 0.167. The molecule has 1 aliphatic heterocycles. The van der Waals surface area contributed by atoms with Crippen LogP contribution in [-0.2, 0) is 0 Å². The molecule has 1 fully saturated rings. The standard InChI is InChI=1S/C30H26N2.ClH/c31-22-24-13-11-23(12-14-24)6-5-19-32-20-17-27(18-21-32)30-28-9-3-1-7-25(28)15-16-26-8-2-4-10-29(26)30;/h1-16H,17-21H2;1H/b6-5+;. The molecule has 0 saturated carbocycles. The van der Waals surface area contributed by atoms with Crippen molar-refractivity contribution in [3.63, 3.8) is 0 Å². The van der Waals surface area contributed by atoms with E-state index < -0.39 is 0 Å². The molecular weight excluding hydrogens is 424 g/mol. The van der Waals surface area contributed by atoms with Gasteiger partial charge in [-0.1, -0.05) is 90.5 Å². The van der Waals surface area contributed by atoms with Gasteiger partial charge in [-0.25, -0.2) is 0 Å². The fourth-order valence-electron chi connectivity index (χ4n) is 4.71. The Balaban J connectivity index is 0.00000259. The minimum atomic E-state index is 0. The van der Waals surface area contributed by atoms with Gasteiger partial charge in [0.1, 0.15) is 0 Å². The first-order chi connectivity index (χ1) is 15.8. The molecule has 164 valence electrons. The van der Waals surface area contributed by atoms with Gasteiger partial charge in [-0.3, -0.25) is 4.90 Å². The summed E-state index contributed by atoms with van der Waals surface area (Å²) >= 11 is 0. The number of rotatable bonds is 3. The van der Waals surface area contributed by atoms with Crippen LogP contribution >= 0.6 is 12.4 Å². The Kier molecular flexibility index (Phi) is 7.25. The lowest BCUT2D eigenvalue weighted by Gasteiger charge is -2.29. The molecule has 3 aromatic carbocycles. The number of fused-ring (bicyclic) bond motifs is 2. The first-order valence-corrected chi connectivity index (χ1v) is 11.3. The molecule has 3 aromatic rings. The van der Waals surface area contributed by atoms with Gasteiger partial charge in [0.2, 0.25) is 0 Å². The zero-order valence-corrected chi connectivity index (χ0v) is 19.4. The minimum Gasteiger partial charge on any atom is -0.299 e. The molecule has 2 nitrogen and oxygen atoms in total. The summed E-state index contributed by atoms with van der Waals surface area (Å²) in [5.41, 5.74) is 10.2. The zero-order chi connectivity index (χ0) is 21.8. The Morgan fingerprint density at radius 1 is 0.788 bits per heavy atom. The summed E-state index contributed by atoms with van der Waals surface area (Å²) in [5, 5.41) is 8.93. The molecule has 1 heterocycles. The van der Waals surface area contributed by atoms with Crippen molar-refractivity contribution in [3.05, 3.63) is 118 Å². The first-order valence-electron chi connectivity index (χ1n) is 11.3. The highest BCUT2D eigenvalue weighted by Gasteiger charge is 2.21. The number of hydrogen-bond donors (Lipinski definition) is 0. The number of halogens is 1. The second kappa shape index (κ2) is 10.5. The van der Waals surface area contributed by atoms with Crippen molar-refractivity contribution in [2.45, 2.75) is 12.8 Å². The average Bonchev–Trinajstić information content (AvgIpc) is 3.02. The molecule has 1 saturated heterocycles. The third-order valence-electron chi connectivity index (χ3n) is 6.43. The van der Waals surface area contributed by atoms with Crippen molar-refractivity contribution < 1.29 is 0 Å². The summed E-state index contributed by atoms with van der Waals surface area (Å²) in [7, 11) is 0. The smallest absolute Gasteiger partial charge is 0.0991 e. The third kappa shape index (κ3) is 5.01. The van der Waals surface area contributed by atoms with E-state index in [2.05, 4.69) is 83.8 Å². The lowest BCUT2D eigenvalue weighted by molar-refractivity contribution is 0.284. The van der Waals surface area contributed by atoms with Gasteiger partial charge in [-0.2, -0.15) is 5.26 Å². The van der Waals surface area contributed by atoms with E-state index in [0.717, 1.165) is 38.0 Å². The molecule has 0 spiro atoms. The topological polar surface area (TPSA) is 27.0 Å². The van der Waals surface area contributed by atoms with Crippen LogP contribution in [-0.4, -0.2) is 24.5 Å². The Hall–Kier alpha value is -3.38. The highest BCUT2D eigenvalue weighted by atomic mass is 35.5. The molecule has 2 aliphatic rings. The van der Waals surface area contributed by atoms with E-state index in [9.17, 15) is 0 Å². The van der Waals surface area contributed by atoms with Crippen LogP contribution in [0.3, 0.4) is 0 Å². The third-order valence-corrected chi connectivity index (χ3v) is 6.43. The molecule has 3 heteroatoms. The molecule has 5 rings (SSSR count). The monoisotopic (exact) mass is 450 g/mol. The maximum absolute atomic E-state index is 8.93. The predicted molar refractivity (Wildman–Crippen MR) is 141 cm³/mol. The van der Waals surface area contributed by atoms with E-state index in [1.54, 1.807) is 5.57 Å². The van der Waals surface area contributed by atoms with Crippen LogP contribution in [0.1, 0.15) is 46.2 Å². The van der Waals surface area contributed by atoms with E-state index in [1.807, 2.05) is 24.3 Å². The van der Waals surface area contributed by atoms with Crippen LogP contribution in [0.15, 0.2) is 84.4 Å². The summed E-state index contributed by atoms with van der Waals surface area (Å²) in [5.74, 6) is 0. The maximum Gasteiger partial charge on any atom is 0.0991 e. The molecular formula is C30H27ClN2. The normalized spacial score (nSPS) is 15.4. The van der Waals surface area contributed by atoms with Crippen molar-refractivity contribution in [1.82, 2.24) is 4.90 Å². The van der Waals surface area contributed by atoms with Crippen LogP contribution in [0.4, 0.5) is 0 Å². The van der Waals surface area contributed by atoms with Gasteiger partial charge in [0.15, 0.2) is 0 Å². The molecule has 0 unspecified atom stereocenters. The molecule has 0 atom stereocenters. The van der Waals surface area contributed by atoms with Crippen molar-refractivity contribution >= 4 is 36.2 Å². The number of piperidine rings is 1. The van der Waals surface area contributed by atoms with E-state index in [4.69, 9.17) is 5.26 Å². The summed E-state index contributed by atoms with van der Waals surface area (Å²) in [6.07, 6.45) is 11.1. The second-order valence-electron chi connectivity index (χ2n) is 8.42. The minimum absolute atomic E-state index is 0. The SMILES string of the molecule is Cl.N#Cc1ccc(/C=C/CN2CCC(=C3c4ccccc4C=Cc4ccccc43)CC2)cc1. The number of nitrogens with zero attached hydrogens (tertiary/aromatic N) is 2. The van der Waals surface area contributed by atoms with E-state index in [0.29, 0.717) is 5.56 Å². The van der Waals surface area contributed by atoms with Crippen LogP contribution < -0.4 is 0 Å². The second-order valence-corrected chi connectivity index (χ2v) is 8.42. The van der Waals surface area contributed by atoms with Gasteiger partial charge in [0.05, 0.1) is 11.6 Å². The number of benzene rings is 3. The van der Waals surface area contributed by atoms with Crippen molar-refractivity contribution in [3.8, 4) is 6.07 Å². The molecule has 0 aromatic heterocycles. The lowest BCUT2D eigenvalue weighted by atomic mass is 9.86. The van der Waals surface area contributed by atoms with Crippen molar-refractivity contribution in [2.75, 3.05) is 19.6 Å². The quantitative estimate of drug-likeness (QED) is 0.333. The largest absolute Gasteiger partial charge is 0.299 e. The van der Waals surface area contributed by atoms with Crippen molar-refractivity contribution in [2.24, 2.45) is 0 Å². The number of hydrogen-bond acceptors (Lipinski definition) is 2. The Morgan fingerprint density at radius 3 is 1.94 bits per heavy atom. The van der Waals surface area contributed by atoms with Gasteiger partial charge in [-0.05, 0) is 58.4 Å². The molecule has 1 aliphatic carbocycles. The van der Waals surface area contributed by atoms with Gasteiger partial charge < -0.3 is 0 Å². The summed E-state index contributed by atoms with van der Waals surface area (Å²) in [4.78, 5) is 2.52. The predicted octanol–water partition coefficient (Wildman–Crippen LogP) is 7.07. The van der Waals surface area contributed by atoms with Crippen LogP contribution in [0, 0.1) is 11.3 Å². The van der Waals surface area contributed by atoms with Gasteiger partial charge >= 0.3 is 0 Å². The molecule has 0 radical (unpaired) electrons. The van der Waals surface area contributed by atoms with E-state index in [1.165, 1.54) is 27.8 Å². The fourth-order valence-corrected chi connectivity index (χ4v) is 4.71. The molecule has 0 bridgehead atoms. The van der Waals surface area contributed by atoms with E-state index in [-0.39, 0.29) is 12.4 Å². The number of likely N-dealkylation sites (tertiary alicyclic amines) is 1. The molecule has 0 N–H and O–H groups in total. The summed E-state index contributed by atoms with van der Waals surface area (Å²) < 4.78 is 0. The summed E-state index contributed by atoms with van der Waals surface area (Å²) in [6.45, 7) is 3.11. The Labute approximate surface area is 202 Å². The first kappa shape index (κ1) is 22.8.